The average molecular weight is 506 g/mol. The zero-order valence-electron chi connectivity index (χ0n) is 17.9. The third-order valence-corrected chi connectivity index (χ3v) is 8.37. The van der Waals surface area contributed by atoms with E-state index in [4.69, 9.17) is 28.9 Å². The van der Waals surface area contributed by atoms with Crippen LogP contribution in [0.3, 0.4) is 0 Å². The first-order chi connectivity index (χ1) is 15.1. The second kappa shape index (κ2) is 10.6. The minimum Gasteiger partial charge on any atom is -0.350 e. The van der Waals surface area contributed by atoms with Gasteiger partial charge < -0.3 is 16.4 Å². The number of benzene rings is 1. The molecule has 1 atom stereocenters. The Morgan fingerprint density at radius 1 is 1.12 bits per heavy atom. The highest BCUT2D eigenvalue weighted by Gasteiger charge is 2.44. The van der Waals surface area contributed by atoms with Crippen molar-refractivity contribution >= 4 is 45.2 Å². The Morgan fingerprint density at radius 3 is 2.44 bits per heavy atom. The molecule has 1 aromatic rings. The molecular weight excluding hydrogens is 477 g/mol. The van der Waals surface area contributed by atoms with Crippen LogP contribution < -0.4 is 16.4 Å². The maximum Gasteiger partial charge on any atom is 0.319 e. The van der Waals surface area contributed by atoms with Gasteiger partial charge in [-0.3, -0.25) is 9.69 Å². The lowest BCUT2D eigenvalue weighted by Crippen LogP contribution is -2.65. The summed E-state index contributed by atoms with van der Waals surface area (Å²) < 4.78 is 28.1. The molecular formula is C20H29Cl2N5O4S. The van der Waals surface area contributed by atoms with E-state index in [0.717, 1.165) is 17.1 Å². The molecule has 1 saturated heterocycles. The van der Waals surface area contributed by atoms with E-state index in [9.17, 15) is 18.0 Å². The van der Waals surface area contributed by atoms with Gasteiger partial charge in [-0.05, 0) is 57.2 Å². The Morgan fingerprint density at radius 2 is 1.81 bits per heavy atom. The quantitative estimate of drug-likeness (QED) is 0.565. The standard InChI is InChI=1S/C20H29Cl2N5O4S/c1-2-24-20(29)26-10-3-11-27(32(30,31)15-8-9-16(21)17(22)12-15)19(26)18(28)25-14-6-4-13(23)5-7-14/h8-9,12-14,19H,2-7,10-11,23H2,1H3,(H,24,29)(H,25,28). The molecule has 2 fully saturated rings. The summed E-state index contributed by atoms with van der Waals surface area (Å²) in [5, 5.41) is 5.92. The van der Waals surface area contributed by atoms with Gasteiger partial charge in [-0.15, -0.1) is 0 Å². The van der Waals surface area contributed by atoms with Gasteiger partial charge in [0.15, 0.2) is 6.17 Å². The molecule has 1 saturated carbocycles. The third kappa shape index (κ3) is 5.48. The molecule has 0 radical (unpaired) electrons. The van der Waals surface area contributed by atoms with Crippen molar-refractivity contribution in [2.24, 2.45) is 5.73 Å². The molecule has 1 aliphatic heterocycles. The van der Waals surface area contributed by atoms with E-state index in [2.05, 4.69) is 10.6 Å². The Hall–Kier alpha value is -1.59. The molecule has 0 bridgehead atoms. The van der Waals surface area contributed by atoms with Crippen LogP contribution in [-0.2, 0) is 14.8 Å². The second-order valence-corrected chi connectivity index (χ2v) is 10.8. The predicted molar refractivity (Wildman–Crippen MR) is 123 cm³/mol. The fourth-order valence-corrected chi connectivity index (χ4v) is 6.08. The number of nitrogens with two attached hydrogens (primary N) is 1. The van der Waals surface area contributed by atoms with Crippen molar-refractivity contribution in [3.05, 3.63) is 28.2 Å². The topological polar surface area (TPSA) is 125 Å². The SMILES string of the molecule is CCNC(=O)N1CCCN(S(=O)(=O)c2ccc(Cl)c(Cl)c2)C1C(=O)NC1CCC(N)CC1. The van der Waals surface area contributed by atoms with Gasteiger partial charge in [0, 0.05) is 31.7 Å². The number of amides is 3. The number of urea groups is 1. The Kier molecular flexibility index (Phi) is 8.26. The molecule has 1 heterocycles. The van der Waals surface area contributed by atoms with Crippen LogP contribution in [0.5, 0.6) is 0 Å². The molecule has 0 spiro atoms. The fourth-order valence-electron chi connectivity index (χ4n) is 4.10. The lowest BCUT2D eigenvalue weighted by molar-refractivity contribution is -0.131. The largest absolute Gasteiger partial charge is 0.350 e. The molecule has 12 heteroatoms. The maximum atomic E-state index is 13.5. The van der Waals surface area contributed by atoms with E-state index in [1.54, 1.807) is 6.92 Å². The highest BCUT2D eigenvalue weighted by molar-refractivity contribution is 7.89. The van der Waals surface area contributed by atoms with Crippen LogP contribution in [0.1, 0.15) is 39.0 Å². The maximum absolute atomic E-state index is 13.5. The molecule has 1 aliphatic carbocycles. The van der Waals surface area contributed by atoms with Crippen LogP contribution in [0.15, 0.2) is 23.1 Å². The molecule has 3 rings (SSSR count). The Balaban J connectivity index is 1.93. The number of rotatable bonds is 5. The Bertz CT molecular complexity index is 953. The fraction of sp³-hybridized carbons (Fsp3) is 0.600. The number of halogens is 2. The van der Waals surface area contributed by atoms with Gasteiger partial charge in [-0.2, -0.15) is 4.31 Å². The molecule has 32 heavy (non-hydrogen) atoms. The normalized spacial score (nSPS) is 24.8. The van der Waals surface area contributed by atoms with Gasteiger partial charge in [0.25, 0.3) is 5.91 Å². The van der Waals surface area contributed by atoms with E-state index < -0.39 is 28.1 Å². The van der Waals surface area contributed by atoms with Crippen molar-refractivity contribution in [3.63, 3.8) is 0 Å². The van der Waals surface area contributed by atoms with Crippen LogP contribution in [0.2, 0.25) is 10.0 Å². The first-order valence-electron chi connectivity index (χ1n) is 10.7. The van der Waals surface area contributed by atoms with E-state index >= 15 is 0 Å². The predicted octanol–water partition coefficient (Wildman–Crippen LogP) is 2.13. The zero-order valence-corrected chi connectivity index (χ0v) is 20.2. The van der Waals surface area contributed by atoms with Crippen molar-refractivity contribution in [1.82, 2.24) is 19.8 Å². The number of hydrogen-bond donors (Lipinski definition) is 3. The van der Waals surface area contributed by atoms with E-state index in [1.165, 1.54) is 23.1 Å². The van der Waals surface area contributed by atoms with Crippen LogP contribution in [0.4, 0.5) is 4.79 Å². The van der Waals surface area contributed by atoms with Crippen molar-refractivity contribution in [1.29, 1.82) is 0 Å². The molecule has 9 nitrogen and oxygen atoms in total. The van der Waals surface area contributed by atoms with Crippen LogP contribution >= 0.6 is 23.2 Å². The summed E-state index contributed by atoms with van der Waals surface area (Å²) in [5.41, 5.74) is 5.95. The summed E-state index contributed by atoms with van der Waals surface area (Å²) in [6, 6.07) is 3.48. The summed E-state index contributed by atoms with van der Waals surface area (Å²) in [6.45, 7) is 2.45. The average Bonchev–Trinajstić information content (AvgIpc) is 2.76. The lowest BCUT2D eigenvalue weighted by atomic mass is 9.92. The van der Waals surface area contributed by atoms with Gasteiger partial charge in [-0.25, -0.2) is 13.2 Å². The highest BCUT2D eigenvalue weighted by Crippen LogP contribution is 2.30. The van der Waals surface area contributed by atoms with Crippen molar-refractivity contribution in [2.45, 2.75) is 62.2 Å². The first kappa shape index (κ1) is 25.0. The van der Waals surface area contributed by atoms with Gasteiger partial charge in [-0.1, -0.05) is 23.2 Å². The summed E-state index contributed by atoms with van der Waals surface area (Å²) in [6.07, 6.45) is 2.05. The number of carbonyl (C=O) groups excluding carboxylic acids is 2. The summed E-state index contributed by atoms with van der Waals surface area (Å²) >= 11 is 12.0. The van der Waals surface area contributed by atoms with Gasteiger partial charge in [0.1, 0.15) is 0 Å². The minimum atomic E-state index is -4.14. The van der Waals surface area contributed by atoms with Crippen LogP contribution in [-0.4, -0.2) is 67.4 Å². The molecule has 2 aliphatic rings. The molecule has 178 valence electrons. The minimum absolute atomic E-state index is 0.0879. The highest BCUT2D eigenvalue weighted by atomic mass is 35.5. The number of nitrogens with one attached hydrogen (secondary N) is 2. The van der Waals surface area contributed by atoms with E-state index in [-0.39, 0.29) is 40.1 Å². The van der Waals surface area contributed by atoms with Crippen LogP contribution in [0.25, 0.3) is 0 Å². The van der Waals surface area contributed by atoms with Gasteiger partial charge >= 0.3 is 6.03 Å². The first-order valence-corrected chi connectivity index (χ1v) is 12.9. The van der Waals surface area contributed by atoms with Crippen molar-refractivity contribution < 1.29 is 18.0 Å². The summed E-state index contributed by atoms with van der Waals surface area (Å²) in [4.78, 5) is 27.3. The second-order valence-electron chi connectivity index (χ2n) is 8.07. The Labute approximate surface area is 198 Å². The van der Waals surface area contributed by atoms with Crippen molar-refractivity contribution in [2.75, 3.05) is 19.6 Å². The number of hydrogen-bond acceptors (Lipinski definition) is 5. The monoisotopic (exact) mass is 505 g/mol. The summed E-state index contributed by atoms with van der Waals surface area (Å²) in [5.74, 6) is -0.528. The number of nitrogens with zero attached hydrogens (tertiary/aromatic N) is 2. The number of carbonyl (C=O) groups is 2. The zero-order chi connectivity index (χ0) is 23.5. The molecule has 1 aromatic carbocycles. The molecule has 1 unspecified atom stereocenters. The van der Waals surface area contributed by atoms with E-state index in [0.29, 0.717) is 25.8 Å². The van der Waals surface area contributed by atoms with Crippen LogP contribution in [0, 0.1) is 0 Å². The van der Waals surface area contributed by atoms with Crippen molar-refractivity contribution in [3.8, 4) is 0 Å². The molecule has 4 N–H and O–H groups in total. The number of sulfonamides is 1. The smallest absolute Gasteiger partial charge is 0.319 e. The molecule has 0 aromatic heterocycles. The third-order valence-electron chi connectivity index (χ3n) is 5.78. The molecule has 3 amide bonds. The summed E-state index contributed by atoms with van der Waals surface area (Å²) in [7, 11) is -4.14. The van der Waals surface area contributed by atoms with Gasteiger partial charge in [0.2, 0.25) is 10.0 Å². The van der Waals surface area contributed by atoms with Gasteiger partial charge in [0.05, 0.1) is 14.9 Å². The lowest BCUT2D eigenvalue weighted by Gasteiger charge is -2.42. The van der Waals surface area contributed by atoms with E-state index in [1.807, 2.05) is 0 Å².